The maximum Gasteiger partial charge on any atom is 1.00 e. The molecule has 0 aliphatic carbocycles. The standard InChI is InChI=1S/CH3O3P.Li/c1-4-5(2)3;/h1H3;/q;+1. The number of hydrogen-bond acceptors (Lipinski definition) is 3. The van der Waals surface area contributed by atoms with Crippen molar-refractivity contribution in [2.75, 3.05) is 7.11 Å². The van der Waals surface area contributed by atoms with Crippen molar-refractivity contribution in [3.8, 4) is 0 Å². The van der Waals surface area contributed by atoms with Gasteiger partial charge in [-0.05, 0) is 4.57 Å². The first-order chi connectivity index (χ1) is 2.27. The fourth-order valence-electron chi connectivity index (χ4n) is 0. The van der Waals surface area contributed by atoms with Crippen LogP contribution in [-0.2, 0) is 9.09 Å². The summed E-state index contributed by atoms with van der Waals surface area (Å²) in [5.74, 6) is 0. The number of hydrogen-bond donors (Lipinski definition) is 0. The minimum atomic E-state index is -2.60. The van der Waals surface area contributed by atoms with Crippen molar-refractivity contribution in [1.82, 2.24) is 0 Å². The SMILES string of the molecule is CO[P+](=O)[O-].[Li+]. The molecule has 0 radical (unpaired) electrons. The third-order valence-electron chi connectivity index (χ3n) is 0.149. The molecule has 30 valence electrons. The topological polar surface area (TPSA) is 49.4 Å². The van der Waals surface area contributed by atoms with Gasteiger partial charge in [-0.25, -0.2) is 0 Å². The molecule has 0 aromatic heterocycles. The Labute approximate surface area is 48.8 Å². The molecule has 0 amide bonds. The summed E-state index contributed by atoms with van der Waals surface area (Å²) in [6.07, 6.45) is 0. The minimum absolute atomic E-state index is 0. The first-order valence-electron chi connectivity index (χ1n) is 0.956. The normalized spacial score (nSPS) is 9.33. The average Bonchev–Trinajstić information content (AvgIpc) is 1.38. The molecule has 0 saturated heterocycles. The summed E-state index contributed by atoms with van der Waals surface area (Å²) in [4.78, 5) is 9.18. The summed E-state index contributed by atoms with van der Waals surface area (Å²) >= 11 is 0. The summed E-state index contributed by atoms with van der Waals surface area (Å²) < 4.78 is 12.9. The Bertz CT molecular complexity index is 46.1. The molecular formula is CH3LiO3P+. The molecule has 0 spiro atoms. The molecule has 0 aromatic rings. The predicted octanol–water partition coefficient (Wildman–Crippen LogP) is -3.35. The van der Waals surface area contributed by atoms with Crippen molar-refractivity contribution in [3.05, 3.63) is 0 Å². The van der Waals surface area contributed by atoms with E-state index in [1.807, 2.05) is 0 Å². The molecule has 0 heterocycles. The van der Waals surface area contributed by atoms with E-state index in [0.717, 1.165) is 7.11 Å². The molecule has 0 bridgehead atoms. The molecule has 0 aliphatic rings. The zero-order valence-corrected chi connectivity index (χ0v) is 4.57. The van der Waals surface area contributed by atoms with Crippen LogP contribution in [0.15, 0.2) is 0 Å². The summed E-state index contributed by atoms with van der Waals surface area (Å²) in [6.45, 7) is 0. The van der Waals surface area contributed by atoms with Crippen molar-refractivity contribution in [2.45, 2.75) is 0 Å². The van der Waals surface area contributed by atoms with Crippen LogP contribution < -0.4 is 23.8 Å². The van der Waals surface area contributed by atoms with Crippen molar-refractivity contribution in [2.24, 2.45) is 0 Å². The van der Waals surface area contributed by atoms with E-state index in [4.69, 9.17) is 0 Å². The molecule has 1 unspecified atom stereocenters. The Hall–Kier alpha value is 0.617. The van der Waals surface area contributed by atoms with Crippen molar-refractivity contribution in [1.29, 1.82) is 0 Å². The van der Waals surface area contributed by atoms with Crippen LogP contribution >= 0.6 is 8.25 Å². The van der Waals surface area contributed by atoms with Gasteiger partial charge in [0.2, 0.25) is 0 Å². The van der Waals surface area contributed by atoms with E-state index in [9.17, 15) is 9.46 Å². The van der Waals surface area contributed by atoms with E-state index in [1.54, 1.807) is 0 Å². The third kappa shape index (κ3) is 8.82. The molecule has 1 atom stereocenters. The van der Waals surface area contributed by atoms with Gasteiger partial charge in [-0.15, -0.1) is 0 Å². The van der Waals surface area contributed by atoms with Crippen LogP contribution in [0.3, 0.4) is 0 Å². The second kappa shape index (κ2) is 5.62. The fourth-order valence-corrected chi connectivity index (χ4v) is 0. The summed E-state index contributed by atoms with van der Waals surface area (Å²) in [5.41, 5.74) is 0. The molecular weight excluding hydrogens is 97.9 g/mol. The molecule has 5 heteroatoms. The zero-order valence-electron chi connectivity index (χ0n) is 3.67. The van der Waals surface area contributed by atoms with E-state index >= 15 is 0 Å². The summed E-state index contributed by atoms with van der Waals surface area (Å²) in [5, 5.41) is 0. The van der Waals surface area contributed by atoms with Crippen LogP contribution in [0, 0.1) is 0 Å². The molecule has 6 heavy (non-hydrogen) atoms. The Balaban J connectivity index is 0. The zero-order chi connectivity index (χ0) is 4.28. The molecule has 0 fully saturated rings. The van der Waals surface area contributed by atoms with Gasteiger partial charge in [-0.2, -0.15) is 4.52 Å². The Morgan fingerprint density at radius 2 is 2.00 bits per heavy atom. The van der Waals surface area contributed by atoms with Crippen molar-refractivity contribution < 1.29 is 32.8 Å². The molecule has 0 aliphatic heterocycles. The summed E-state index contributed by atoms with van der Waals surface area (Å²) in [6, 6.07) is 0. The smallest absolute Gasteiger partial charge is 0.566 e. The van der Waals surface area contributed by atoms with Gasteiger partial charge in [0, 0.05) is 0 Å². The van der Waals surface area contributed by atoms with Gasteiger partial charge >= 0.3 is 27.1 Å². The molecule has 3 nitrogen and oxygen atoms in total. The second-order valence-corrected chi connectivity index (χ2v) is 1.22. The molecule has 0 rings (SSSR count). The minimum Gasteiger partial charge on any atom is -0.566 e. The third-order valence-corrected chi connectivity index (χ3v) is 0.447. The predicted molar refractivity (Wildman–Crippen MR) is 14.6 cm³/mol. The van der Waals surface area contributed by atoms with E-state index < -0.39 is 8.25 Å². The fraction of sp³-hybridized carbons (Fsp3) is 1.00. The quantitative estimate of drug-likeness (QED) is 0.256. The van der Waals surface area contributed by atoms with Crippen LogP contribution in [-0.4, -0.2) is 7.11 Å². The van der Waals surface area contributed by atoms with Crippen LogP contribution in [0.4, 0.5) is 0 Å². The van der Waals surface area contributed by atoms with Gasteiger partial charge in [0.05, 0.1) is 7.11 Å². The van der Waals surface area contributed by atoms with Gasteiger partial charge in [0.25, 0.3) is 0 Å². The van der Waals surface area contributed by atoms with E-state index in [2.05, 4.69) is 4.52 Å². The monoisotopic (exact) mass is 101 g/mol. The Morgan fingerprint density at radius 1 is 1.83 bits per heavy atom. The molecule has 0 saturated carbocycles. The largest absolute Gasteiger partial charge is 1.00 e. The van der Waals surface area contributed by atoms with Crippen LogP contribution in [0.5, 0.6) is 0 Å². The molecule has 0 N–H and O–H groups in total. The van der Waals surface area contributed by atoms with Crippen LogP contribution in [0.25, 0.3) is 0 Å². The second-order valence-electron chi connectivity index (χ2n) is 0.406. The van der Waals surface area contributed by atoms with E-state index in [1.165, 1.54) is 0 Å². The first kappa shape index (κ1) is 9.79. The Morgan fingerprint density at radius 3 is 2.00 bits per heavy atom. The van der Waals surface area contributed by atoms with Crippen LogP contribution in [0.2, 0.25) is 0 Å². The van der Waals surface area contributed by atoms with Gasteiger partial charge in [0.15, 0.2) is 0 Å². The maximum absolute atomic E-state index is 9.18. The number of rotatable bonds is 1. The molecule has 0 aromatic carbocycles. The average molecular weight is 101 g/mol. The van der Waals surface area contributed by atoms with Gasteiger partial charge in [0.1, 0.15) is 0 Å². The van der Waals surface area contributed by atoms with Gasteiger partial charge in [-0.3, -0.25) is 0 Å². The van der Waals surface area contributed by atoms with Crippen LogP contribution in [0.1, 0.15) is 0 Å². The van der Waals surface area contributed by atoms with Crippen molar-refractivity contribution >= 4 is 8.25 Å². The first-order valence-corrected chi connectivity index (χ1v) is 2.05. The van der Waals surface area contributed by atoms with E-state index in [-0.39, 0.29) is 18.9 Å². The summed E-state index contributed by atoms with van der Waals surface area (Å²) in [7, 11) is -1.50. The Kier molecular flexibility index (Phi) is 9.17. The van der Waals surface area contributed by atoms with Crippen molar-refractivity contribution in [3.63, 3.8) is 0 Å². The van der Waals surface area contributed by atoms with Gasteiger partial charge in [-0.1, -0.05) is 0 Å². The van der Waals surface area contributed by atoms with E-state index in [0.29, 0.717) is 0 Å². The van der Waals surface area contributed by atoms with Gasteiger partial charge < -0.3 is 4.89 Å². The maximum atomic E-state index is 9.18.